The van der Waals surface area contributed by atoms with E-state index in [1.165, 1.54) is 6.07 Å². The molecule has 0 saturated carbocycles. The van der Waals surface area contributed by atoms with Gasteiger partial charge in [0.15, 0.2) is 0 Å². The number of benzene rings is 3. The highest BCUT2D eigenvalue weighted by Gasteiger charge is 2.11. The minimum absolute atomic E-state index is 0.0207. The van der Waals surface area contributed by atoms with Gasteiger partial charge in [0.05, 0.1) is 11.3 Å². The molecule has 3 rings (SSSR count). The van der Waals surface area contributed by atoms with Crippen molar-refractivity contribution >= 4 is 17.3 Å². The molecule has 1 amide bonds. The van der Waals surface area contributed by atoms with Gasteiger partial charge in [0.25, 0.3) is 5.69 Å². The van der Waals surface area contributed by atoms with Gasteiger partial charge < -0.3 is 10.6 Å². The van der Waals surface area contributed by atoms with E-state index >= 15 is 0 Å². The molecule has 0 aromatic heterocycles. The molecular weight excluding hydrogens is 354 g/mol. The van der Waals surface area contributed by atoms with Crippen molar-refractivity contribution in [2.24, 2.45) is 0 Å². The number of nitrogens with zero attached hydrogens (tertiary/aromatic N) is 1. The van der Waals surface area contributed by atoms with E-state index in [-0.39, 0.29) is 11.6 Å². The van der Waals surface area contributed by atoms with E-state index < -0.39 is 4.92 Å². The monoisotopic (exact) mass is 375 g/mol. The third kappa shape index (κ3) is 5.17. The number of anilines is 1. The molecule has 0 atom stereocenters. The lowest BCUT2D eigenvalue weighted by atomic mass is 10.0. The maximum atomic E-state index is 12.1. The summed E-state index contributed by atoms with van der Waals surface area (Å²) < 4.78 is 0. The molecule has 0 spiro atoms. The lowest BCUT2D eigenvalue weighted by Crippen LogP contribution is -2.30. The van der Waals surface area contributed by atoms with E-state index in [1.807, 2.05) is 54.6 Å². The Hall–Kier alpha value is -3.67. The van der Waals surface area contributed by atoms with Crippen LogP contribution in [0.1, 0.15) is 5.56 Å². The normalized spacial score (nSPS) is 10.3. The van der Waals surface area contributed by atoms with Crippen LogP contribution in [0, 0.1) is 10.1 Å². The molecular formula is C22H21N3O3. The Balaban J connectivity index is 1.45. The minimum atomic E-state index is -0.431. The molecule has 6 heteroatoms. The van der Waals surface area contributed by atoms with Gasteiger partial charge in [-0.2, -0.15) is 0 Å². The summed E-state index contributed by atoms with van der Waals surface area (Å²) >= 11 is 0. The van der Waals surface area contributed by atoms with E-state index in [0.29, 0.717) is 25.2 Å². The smallest absolute Gasteiger partial charge is 0.292 e. The zero-order valence-corrected chi connectivity index (χ0v) is 15.3. The van der Waals surface area contributed by atoms with E-state index in [9.17, 15) is 14.9 Å². The average Bonchev–Trinajstić information content (AvgIpc) is 2.72. The Morgan fingerprint density at radius 2 is 1.46 bits per heavy atom. The Kier molecular flexibility index (Phi) is 6.36. The van der Waals surface area contributed by atoms with Gasteiger partial charge >= 0.3 is 0 Å². The van der Waals surface area contributed by atoms with Crippen LogP contribution in [0.15, 0.2) is 78.9 Å². The number of nitrogens with one attached hydrogen (secondary N) is 2. The maximum Gasteiger partial charge on any atom is 0.292 e. The van der Waals surface area contributed by atoms with Crippen LogP contribution in [-0.4, -0.2) is 23.9 Å². The standard InChI is InChI=1S/C22H21N3O3/c26-22(24-15-14-23-20-8-4-5-9-21(20)25(27)28)16-17-10-12-19(13-11-17)18-6-2-1-3-7-18/h1-13,23H,14-16H2,(H,24,26). The van der Waals surface area contributed by atoms with E-state index in [4.69, 9.17) is 0 Å². The number of carbonyl (C=O) groups excluding carboxylic acids is 1. The Morgan fingerprint density at radius 1 is 0.821 bits per heavy atom. The van der Waals surface area contributed by atoms with Gasteiger partial charge in [-0.15, -0.1) is 0 Å². The first-order chi connectivity index (χ1) is 13.6. The van der Waals surface area contributed by atoms with Gasteiger partial charge in [0.1, 0.15) is 5.69 Å². The van der Waals surface area contributed by atoms with Crippen LogP contribution in [0.3, 0.4) is 0 Å². The minimum Gasteiger partial charge on any atom is -0.378 e. The van der Waals surface area contributed by atoms with Crippen LogP contribution < -0.4 is 10.6 Å². The van der Waals surface area contributed by atoms with Gasteiger partial charge in [-0.1, -0.05) is 66.7 Å². The van der Waals surface area contributed by atoms with Crippen molar-refractivity contribution in [2.45, 2.75) is 6.42 Å². The van der Waals surface area contributed by atoms with Gasteiger partial charge in [-0.25, -0.2) is 0 Å². The predicted octanol–water partition coefficient (Wildman–Crippen LogP) is 4.03. The highest BCUT2D eigenvalue weighted by Crippen LogP contribution is 2.22. The quantitative estimate of drug-likeness (QED) is 0.354. The summed E-state index contributed by atoms with van der Waals surface area (Å²) in [4.78, 5) is 22.7. The van der Waals surface area contributed by atoms with Crippen LogP contribution in [-0.2, 0) is 11.2 Å². The molecule has 0 radical (unpaired) electrons. The molecule has 28 heavy (non-hydrogen) atoms. The average molecular weight is 375 g/mol. The summed E-state index contributed by atoms with van der Waals surface area (Å²) in [6.45, 7) is 0.788. The molecule has 0 aliphatic rings. The van der Waals surface area contributed by atoms with Crippen LogP contribution in [0.5, 0.6) is 0 Å². The fourth-order valence-corrected chi connectivity index (χ4v) is 2.87. The van der Waals surface area contributed by atoms with Crippen LogP contribution in [0.4, 0.5) is 11.4 Å². The van der Waals surface area contributed by atoms with Crippen LogP contribution in [0.25, 0.3) is 11.1 Å². The molecule has 142 valence electrons. The number of para-hydroxylation sites is 2. The second-order valence-corrected chi connectivity index (χ2v) is 6.29. The van der Waals surface area contributed by atoms with Gasteiger partial charge in [0, 0.05) is 19.2 Å². The molecule has 3 aromatic carbocycles. The summed E-state index contributed by atoms with van der Waals surface area (Å²) in [5.74, 6) is -0.0863. The van der Waals surface area contributed by atoms with Crippen molar-refractivity contribution in [3.8, 4) is 11.1 Å². The SMILES string of the molecule is O=C(Cc1ccc(-c2ccccc2)cc1)NCCNc1ccccc1[N+](=O)[O-]. The topological polar surface area (TPSA) is 84.3 Å². The molecule has 0 fully saturated rings. The summed E-state index contributed by atoms with van der Waals surface area (Å²) in [7, 11) is 0. The number of nitro groups is 1. The van der Waals surface area contributed by atoms with Gasteiger partial charge in [-0.05, 0) is 22.8 Å². The third-order valence-corrected chi connectivity index (χ3v) is 4.29. The maximum absolute atomic E-state index is 12.1. The number of rotatable bonds is 8. The number of carbonyl (C=O) groups is 1. The largest absolute Gasteiger partial charge is 0.378 e. The van der Waals surface area contributed by atoms with E-state index in [0.717, 1.165) is 16.7 Å². The Morgan fingerprint density at radius 3 is 2.18 bits per heavy atom. The fraction of sp³-hybridized carbons (Fsp3) is 0.136. The molecule has 0 heterocycles. The summed E-state index contributed by atoms with van der Waals surface area (Å²) in [6, 6.07) is 24.4. The fourth-order valence-electron chi connectivity index (χ4n) is 2.87. The van der Waals surface area contributed by atoms with Crippen LogP contribution >= 0.6 is 0 Å². The lowest BCUT2D eigenvalue weighted by Gasteiger charge is -2.09. The molecule has 6 nitrogen and oxygen atoms in total. The summed E-state index contributed by atoms with van der Waals surface area (Å²) in [5, 5.41) is 16.8. The van der Waals surface area contributed by atoms with Crippen molar-refractivity contribution < 1.29 is 9.72 Å². The molecule has 3 aromatic rings. The van der Waals surface area contributed by atoms with E-state index in [2.05, 4.69) is 10.6 Å². The highest BCUT2D eigenvalue weighted by atomic mass is 16.6. The zero-order chi connectivity index (χ0) is 19.8. The van der Waals surface area contributed by atoms with Crippen molar-refractivity contribution in [3.63, 3.8) is 0 Å². The summed E-state index contributed by atoms with van der Waals surface area (Å²) in [6.07, 6.45) is 0.292. The van der Waals surface area contributed by atoms with Crippen molar-refractivity contribution in [1.29, 1.82) is 0 Å². The van der Waals surface area contributed by atoms with Crippen molar-refractivity contribution in [3.05, 3.63) is 94.5 Å². The number of hydrogen-bond acceptors (Lipinski definition) is 4. The van der Waals surface area contributed by atoms with Crippen molar-refractivity contribution in [1.82, 2.24) is 5.32 Å². The highest BCUT2D eigenvalue weighted by molar-refractivity contribution is 5.79. The van der Waals surface area contributed by atoms with E-state index in [1.54, 1.807) is 18.2 Å². The Bertz CT molecular complexity index is 941. The molecule has 0 unspecified atom stereocenters. The first-order valence-electron chi connectivity index (χ1n) is 9.02. The zero-order valence-electron chi connectivity index (χ0n) is 15.3. The summed E-state index contributed by atoms with van der Waals surface area (Å²) in [5.41, 5.74) is 3.65. The number of nitro benzene ring substituents is 1. The Labute approximate surface area is 163 Å². The first-order valence-corrected chi connectivity index (χ1v) is 9.02. The molecule has 0 bridgehead atoms. The number of amides is 1. The van der Waals surface area contributed by atoms with Crippen molar-refractivity contribution in [2.75, 3.05) is 18.4 Å². The predicted molar refractivity (Wildman–Crippen MR) is 110 cm³/mol. The molecule has 0 aliphatic carbocycles. The molecule has 2 N–H and O–H groups in total. The lowest BCUT2D eigenvalue weighted by molar-refractivity contribution is -0.384. The van der Waals surface area contributed by atoms with Crippen LogP contribution in [0.2, 0.25) is 0 Å². The number of hydrogen-bond donors (Lipinski definition) is 2. The second kappa shape index (κ2) is 9.32. The molecule has 0 saturated heterocycles. The first kappa shape index (κ1) is 19.1. The second-order valence-electron chi connectivity index (χ2n) is 6.29. The molecule has 0 aliphatic heterocycles. The third-order valence-electron chi connectivity index (χ3n) is 4.29. The van der Waals surface area contributed by atoms with Gasteiger partial charge in [0.2, 0.25) is 5.91 Å². The van der Waals surface area contributed by atoms with Gasteiger partial charge in [-0.3, -0.25) is 14.9 Å².